The van der Waals surface area contributed by atoms with Crippen LogP contribution in [-0.2, 0) is 10.0 Å². The van der Waals surface area contributed by atoms with Crippen molar-refractivity contribution in [3.05, 3.63) is 82.6 Å². The predicted molar refractivity (Wildman–Crippen MR) is 122 cm³/mol. The first-order chi connectivity index (χ1) is 14.4. The van der Waals surface area contributed by atoms with E-state index in [1.807, 2.05) is 36.6 Å². The average Bonchev–Trinajstić information content (AvgIpc) is 3.41. The number of carbonyl (C=O) groups excluding carboxylic acids is 1. The zero-order valence-corrected chi connectivity index (χ0v) is 18.3. The molecule has 9 heteroatoms. The van der Waals surface area contributed by atoms with Gasteiger partial charge in [-0.05, 0) is 42.6 Å². The number of thiophene rings is 1. The number of carbonyl (C=O) groups is 1. The van der Waals surface area contributed by atoms with Gasteiger partial charge in [0.15, 0.2) is 5.13 Å². The van der Waals surface area contributed by atoms with Crippen LogP contribution in [0, 0.1) is 6.92 Å². The average molecular weight is 456 g/mol. The first-order valence-corrected chi connectivity index (χ1v) is 12.2. The molecule has 0 radical (unpaired) electrons. The van der Waals surface area contributed by atoms with Crippen LogP contribution >= 0.6 is 22.7 Å². The Morgan fingerprint density at radius 2 is 1.70 bits per heavy atom. The Labute approximate surface area is 182 Å². The lowest BCUT2D eigenvalue weighted by molar-refractivity contribution is 0.102. The lowest BCUT2D eigenvalue weighted by atomic mass is 10.1. The number of benzene rings is 2. The molecule has 4 rings (SSSR count). The van der Waals surface area contributed by atoms with Crippen molar-refractivity contribution in [1.29, 1.82) is 0 Å². The minimum Gasteiger partial charge on any atom is -0.298 e. The number of rotatable bonds is 6. The minimum atomic E-state index is -3.62. The van der Waals surface area contributed by atoms with Crippen molar-refractivity contribution in [2.45, 2.75) is 11.1 Å². The molecule has 0 spiro atoms. The fraction of sp³-hybridized carbons (Fsp3) is 0.0476. The van der Waals surface area contributed by atoms with E-state index in [9.17, 15) is 13.2 Å². The standard InChI is InChI=1S/C21H17N3O3S3/c1-14-4-6-15(7-5-14)18-13-29-21(22-18)23-20(25)16-8-10-17(11-9-16)24-30(26,27)19-3-2-12-28-19/h2-13,24H,1H3,(H,22,23,25). The Morgan fingerprint density at radius 1 is 0.967 bits per heavy atom. The van der Waals surface area contributed by atoms with Crippen molar-refractivity contribution in [3.63, 3.8) is 0 Å². The van der Waals surface area contributed by atoms with Crippen molar-refractivity contribution in [1.82, 2.24) is 4.98 Å². The normalized spacial score (nSPS) is 11.2. The van der Waals surface area contributed by atoms with Crippen LogP contribution in [0.5, 0.6) is 0 Å². The number of anilines is 2. The number of amides is 1. The summed E-state index contributed by atoms with van der Waals surface area (Å²) in [5, 5.41) is 6.87. The highest BCUT2D eigenvalue weighted by Gasteiger charge is 2.16. The first kappa shape index (κ1) is 20.3. The zero-order chi connectivity index (χ0) is 21.1. The molecular weight excluding hydrogens is 438 g/mol. The molecule has 30 heavy (non-hydrogen) atoms. The van der Waals surface area contributed by atoms with Crippen LogP contribution in [0.1, 0.15) is 15.9 Å². The number of nitrogens with zero attached hydrogens (tertiary/aromatic N) is 1. The van der Waals surface area contributed by atoms with Crippen molar-refractivity contribution in [2.75, 3.05) is 10.0 Å². The first-order valence-electron chi connectivity index (χ1n) is 8.91. The molecule has 2 aromatic carbocycles. The van der Waals surface area contributed by atoms with Crippen LogP contribution in [0.15, 0.2) is 75.6 Å². The second kappa shape index (κ2) is 8.39. The van der Waals surface area contributed by atoms with E-state index in [2.05, 4.69) is 15.0 Å². The molecule has 152 valence electrons. The monoisotopic (exact) mass is 455 g/mol. The smallest absolute Gasteiger partial charge is 0.271 e. The summed E-state index contributed by atoms with van der Waals surface area (Å²) in [4.78, 5) is 17.0. The molecule has 1 amide bonds. The number of thiazole rings is 1. The topological polar surface area (TPSA) is 88.2 Å². The number of hydrogen-bond donors (Lipinski definition) is 2. The predicted octanol–water partition coefficient (Wildman–Crippen LogP) is 5.23. The van der Waals surface area contributed by atoms with Crippen LogP contribution in [0.25, 0.3) is 11.3 Å². The fourth-order valence-corrected chi connectivity index (χ4v) is 5.44. The van der Waals surface area contributed by atoms with E-state index in [1.165, 1.54) is 23.0 Å². The van der Waals surface area contributed by atoms with Crippen LogP contribution in [0.4, 0.5) is 10.8 Å². The van der Waals surface area contributed by atoms with Gasteiger partial charge < -0.3 is 0 Å². The number of hydrogen-bond acceptors (Lipinski definition) is 6. The van der Waals surface area contributed by atoms with Crippen LogP contribution in [0.3, 0.4) is 0 Å². The summed E-state index contributed by atoms with van der Waals surface area (Å²) in [5.74, 6) is -0.313. The fourth-order valence-electron chi connectivity index (χ4n) is 2.67. The third-order valence-electron chi connectivity index (χ3n) is 4.23. The van der Waals surface area contributed by atoms with Gasteiger partial charge in [-0.25, -0.2) is 13.4 Å². The molecule has 2 heterocycles. The SMILES string of the molecule is Cc1ccc(-c2csc(NC(=O)c3ccc(NS(=O)(=O)c4cccs4)cc3)n2)cc1. The Bertz CT molecular complexity index is 1260. The van der Waals surface area contributed by atoms with Crippen molar-refractivity contribution in [2.24, 2.45) is 0 Å². The molecule has 4 aromatic rings. The molecule has 2 N–H and O–H groups in total. The van der Waals surface area contributed by atoms with Crippen molar-refractivity contribution >= 4 is 49.4 Å². The Morgan fingerprint density at radius 3 is 2.37 bits per heavy atom. The Balaban J connectivity index is 1.42. The van der Waals surface area contributed by atoms with Gasteiger partial charge in [0.05, 0.1) is 5.69 Å². The summed E-state index contributed by atoms with van der Waals surface area (Å²) in [6, 6.07) is 17.5. The third-order valence-corrected chi connectivity index (χ3v) is 7.77. The minimum absolute atomic E-state index is 0.234. The molecule has 0 aliphatic heterocycles. The van der Waals surface area contributed by atoms with Crippen LogP contribution < -0.4 is 10.0 Å². The van der Waals surface area contributed by atoms with Gasteiger partial charge >= 0.3 is 0 Å². The molecule has 0 bridgehead atoms. The van der Waals surface area contributed by atoms with E-state index in [0.29, 0.717) is 16.4 Å². The highest BCUT2D eigenvalue weighted by Crippen LogP contribution is 2.26. The highest BCUT2D eigenvalue weighted by atomic mass is 32.2. The summed E-state index contributed by atoms with van der Waals surface area (Å²) in [6.45, 7) is 2.02. The quantitative estimate of drug-likeness (QED) is 0.416. The largest absolute Gasteiger partial charge is 0.298 e. The molecule has 0 saturated heterocycles. The molecule has 0 saturated carbocycles. The molecule has 0 unspecified atom stereocenters. The second-order valence-corrected chi connectivity index (χ2v) is 10.2. The van der Waals surface area contributed by atoms with Crippen LogP contribution in [0.2, 0.25) is 0 Å². The van der Waals surface area contributed by atoms with Gasteiger partial charge in [0.2, 0.25) is 0 Å². The maximum atomic E-state index is 12.5. The molecule has 6 nitrogen and oxygen atoms in total. The third kappa shape index (κ3) is 4.59. The summed E-state index contributed by atoms with van der Waals surface area (Å²) in [6.07, 6.45) is 0. The number of nitrogens with one attached hydrogen (secondary N) is 2. The number of sulfonamides is 1. The Hall–Kier alpha value is -3.01. The Kier molecular flexibility index (Phi) is 5.67. The van der Waals surface area contributed by atoms with Gasteiger partial charge in [0, 0.05) is 22.2 Å². The summed E-state index contributed by atoms with van der Waals surface area (Å²) in [7, 11) is -3.62. The molecule has 0 aliphatic rings. The maximum Gasteiger partial charge on any atom is 0.271 e. The highest BCUT2D eigenvalue weighted by molar-refractivity contribution is 7.94. The van der Waals surface area contributed by atoms with Crippen molar-refractivity contribution in [3.8, 4) is 11.3 Å². The van der Waals surface area contributed by atoms with E-state index < -0.39 is 10.0 Å². The summed E-state index contributed by atoms with van der Waals surface area (Å²) < 4.78 is 27.3. The zero-order valence-electron chi connectivity index (χ0n) is 15.8. The summed E-state index contributed by atoms with van der Waals surface area (Å²) in [5.41, 5.74) is 3.74. The lowest BCUT2D eigenvalue weighted by Gasteiger charge is -2.07. The van der Waals surface area contributed by atoms with Crippen molar-refractivity contribution < 1.29 is 13.2 Å². The molecule has 2 aromatic heterocycles. The second-order valence-electron chi connectivity index (χ2n) is 6.47. The number of aryl methyl sites for hydroxylation is 1. The van der Waals surface area contributed by atoms with E-state index in [4.69, 9.17) is 0 Å². The molecule has 0 fully saturated rings. The van der Waals surface area contributed by atoms with E-state index in [1.54, 1.807) is 35.7 Å². The van der Waals surface area contributed by atoms with Gasteiger partial charge in [-0.3, -0.25) is 14.8 Å². The van der Waals surface area contributed by atoms with E-state index in [0.717, 1.165) is 22.6 Å². The van der Waals surface area contributed by atoms with Gasteiger partial charge in [0.25, 0.3) is 15.9 Å². The lowest BCUT2D eigenvalue weighted by Crippen LogP contribution is -2.13. The molecular formula is C21H17N3O3S3. The summed E-state index contributed by atoms with van der Waals surface area (Å²) >= 11 is 2.49. The molecule has 0 atom stereocenters. The van der Waals surface area contributed by atoms with E-state index >= 15 is 0 Å². The number of aromatic nitrogens is 1. The molecule has 0 aliphatic carbocycles. The van der Waals surface area contributed by atoms with Gasteiger partial charge in [-0.15, -0.1) is 22.7 Å². The van der Waals surface area contributed by atoms with Gasteiger partial charge in [-0.1, -0.05) is 35.9 Å². The van der Waals surface area contributed by atoms with Gasteiger partial charge in [0.1, 0.15) is 4.21 Å². The van der Waals surface area contributed by atoms with Gasteiger partial charge in [-0.2, -0.15) is 0 Å². The maximum absolute atomic E-state index is 12.5. The van der Waals surface area contributed by atoms with E-state index in [-0.39, 0.29) is 10.1 Å². The van der Waals surface area contributed by atoms with Crippen LogP contribution in [-0.4, -0.2) is 19.3 Å².